The number of benzene rings is 2. The van der Waals surface area contributed by atoms with Gasteiger partial charge in [-0.2, -0.15) is 0 Å². The molecule has 1 N–H and O–H groups in total. The summed E-state index contributed by atoms with van der Waals surface area (Å²) in [6.07, 6.45) is 3.82. The number of pyridine rings is 1. The first-order valence-corrected chi connectivity index (χ1v) is 11.8. The summed E-state index contributed by atoms with van der Waals surface area (Å²) in [6.45, 7) is 4.23. The number of hydrogen-bond acceptors (Lipinski definition) is 2. The van der Waals surface area contributed by atoms with Crippen LogP contribution in [-0.2, 0) is 0 Å². The predicted molar refractivity (Wildman–Crippen MR) is 140 cm³/mol. The molecule has 0 amide bonds. The molecule has 33 heavy (non-hydrogen) atoms. The highest BCUT2D eigenvalue weighted by atomic mass is 35.5. The molecule has 2 atom stereocenters. The minimum atomic E-state index is -0.142. The Bertz CT molecular complexity index is 1340. The summed E-state index contributed by atoms with van der Waals surface area (Å²) < 4.78 is 2.10. The lowest BCUT2D eigenvalue weighted by molar-refractivity contribution is 0.549. The zero-order valence-corrected chi connectivity index (χ0v) is 20.5. The van der Waals surface area contributed by atoms with Gasteiger partial charge in [-0.3, -0.25) is 4.98 Å². The van der Waals surface area contributed by atoms with E-state index in [1.165, 1.54) is 11.1 Å². The number of nitrogens with zero attached hydrogens (tertiary/aromatic N) is 3. The minimum absolute atomic E-state index is 0.139. The standard InChI is InChI=1S/C26H22Cl2N4S/c1-16-8-10-19(14-17(16)2)32-25(24(30-26(32)33)21-6-3-4-12-29-21)23-7-5-13-31(23)22-11-9-18(27)15-20(22)28/h3-15,24-25H,1-2H3,(H,30,33)/t24-,25-/m1/s1. The highest BCUT2D eigenvalue weighted by Gasteiger charge is 2.42. The van der Waals surface area contributed by atoms with E-state index in [1.807, 2.05) is 48.8 Å². The maximum absolute atomic E-state index is 6.60. The van der Waals surface area contributed by atoms with Gasteiger partial charge >= 0.3 is 0 Å². The lowest BCUT2D eigenvalue weighted by Gasteiger charge is -2.29. The quantitative estimate of drug-likeness (QED) is 0.311. The summed E-state index contributed by atoms with van der Waals surface area (Å²) in [7, 11) is 0. The maximum atomic E-state index is 6.60. The van der Waals surface area contributed by atoms with Crippen LogP contribution in [0.4, 0.5) is 5.69 Å². The SMILES string of the molecule is Cc1ccc(N2C(=S)N[C@H](c3ccccn3)[C@H]2c2cccn2-c2ccc(Cl)cc2Cl)cc1C. The second-order valence-corrected chi connectivity index (χ2v) is 9.39. The molecule has 4 nitrogen and oxygen atoms in total. The lowest BCUT2D eigenvalue weighted by Crippen LogP contribution is -2.30. The van der Waals surface area contributed by atoms with E-state index >= 15 is 0 Å². The summed E-state index contributed by atoms with van der Waals surface area (Å²) in [4.78, 5) is 6.82. The van der Waals surface area contributed by atoms with E-state index in [4.69, 9.17) is 35.4 Å². The number of aryl methyl sites for hydroxylation is 2. The van der Waals surface area contributed by atoms with Crippen LogP contribution in [0, 0.1) is 13.8 Å². The van der Waals surface area contributed by atoms with Crippen molar-refractivity contribution >= 4 is 46.2 Å². The second-order valence-electron chi connectivity index (χ2n) is 8.16. The average Bonchev–Trinajstić information content (AvgIpc) is 3.40. The Morgan fingerprint density at radius 3 is 2.52 bits per heavy atom. The van der Waals surface area contributed by atoms with Crippen molar-refractivity contribution in [3.8, 4) is 5.69 Å². The van der Waals surface area contributed by atoms with Crippen molar-refractivity contribution in [3.05, 3.63) is 112 Å². The van der Waals surface area contributed by atoms with Crippen molar-refractivity contribution in [1.82, 2.24) is 14.9 Å². The van der Waals surface area contributed by atoms with Gasteiger partial charge in [0, 0.05) is 28.8 Å². The Balaban J connectivity index is 1.69. The number of aromatic nitrogens is 2. The van der Waals surface area contributed by atoms with Gasteiger partial charge in [0.25, 0.3) is 0 Å². The zero-order chi connectivity index (χ0) is 23.1. The van der Waals surface area contributed by atoms with Gasteiger partial charge in [0.1, 0.15) is 6.04 Å². The Morgan fingerprint density at radius 2 is 1.79 bits per heavy atom. The molecule has 7 heteroatoms. The average molecular weight is 493 g/mol. The third kappa shape index (κ3) is 4.01. The molecule has 0 radical (unpaired) electrons. The topological polar surface area (TPSA) is 33.1 Å². The third-order valence-corrected chi connectivity index (χ3v) is 6.97. The van der Waals surface area contributed by atoms with Gasteiger partial charge in [0.05, 0.1) is 22.4 Å². The summed E-state index contributed by atoms with van der Waals surface area (Å²) in [5.74, 6) is 0. The lowest BCUT2D eigenvalue weighted by atomic mass is 10.00. The van der Waals surface area contributed by atoms with Crippen LogP contribution < -0.4 is 10.2 Å². The molecule has 166 valence electrons. The van der Waals surface area contributed by atoms with Gasteiger partial charge in [-0.1, -0.05) is 35.3 Å². The van der Waals surface area contributed by atoms with Crippen LogP contribution in [0.3, 0.4) is 0 Å². The zero-order valence-electron chi connectivity index (χ0n) is 18.2. The van der Waals surface area contributed by atoms with Crippen LogP contribution in [-0.4, -0.2) is 14.7 Å². The van der Waals surface area contributed by atoms with Crippen LogP contribution in [0.2, 0.25) is 10.0 Å². The second kappa shape index (κ2) is 8.82. The van der Waals surface area contributed by atoms with E-state index in [-0.39, 0.29) is 12.1 Å². The minimum Gasteiger partial charge on any atom is -0.351 e. The summed E-state index contributed by atoms with van der Waals surface area (Å²) in [6, 6.07) is 21.8. The number of hydrogen-bond donors (Lipinski definition) is 1. The van der Waals surface area contributed by atoms with E-state index in [9.17, 15) is 0 Å². The van der Waals surface area contributed by atoms with Crippen molar-refractivity contribution in [2.75, 3.05) is 4.90 Å². The van der Waals surface area contributed by atoms with Crippen LogP contribution in [0.1, 0.15) is 34.6 Å². The van der Waals surface area contributed by atoms with Gasteiger partial charge < -0.3 is 14.8 Å². The Labute approximate surface area is 208 Å². The molecule has 0 aliphatic carbocycles. The fraction of sp³-hybridized carbons (Fsp3) is 0.154. The molecular formula is C26H22Cl2N4S. The van der Waals surface area contributed by atoms with E-state index in [2.05, 4.69) is 57.9 Å². The van der Waals surface area contributed by atoms with Crippen LogP contribution >= 0.6 is 35.4 Å². The van der Waals surface area contributed by atoms with Crippen molar-refractivity contribution in [3.63, 3.8) is 0 Å². The van der Waals surface area contributed by atoms with Crippen LogP contribution in [0.5, 0.6) is 0 Å². The fourth-order valence-corrected chi connectivity index (χ4v) is 5.19. The third-order valence-electron chi connectivity index (χ3n) is 6.12. The highest BCUT2D eigenvalue weighted by Crippen LogP contribution is 2.43. The normalized spacial score (nSPS) is 17.9. The molecule has 1 aliphatic heterocycles. The molecule has 0 unspecified atom stereocenters. The number of anilines is 1. The van der Waals surface area contributed by atoms with Crippen molar-refractivity contribution < 1.29 is 0 Å². The molecule has 1 aliphatic rings. The van der Waals surface area contributed by atoms with Crippen molar-refractivity contribution in [2.24, 2.45) is 0 Å². The number of nitrogens with one attached hydrogen (secondary N) is 1. The number of thiocarbonyl (C=S) groups is 1. The molecule has 5 rings (SSSR count). The maximum Gasteiger partial charge on any atom is 0.174 e. The highest BCUT2D eigenvalue weighted by molar-refractivity contribution is 7.80. The summed E-state index contributed by atoms with van der Waals surface area (Å²) >= 11 is 18.6. The predicted octanol–water partition coefficient (Wildman–Crippen LogP) is 6.97. The molecule has 4 aromatic rings. The van der Waals surface area contributed by atoms with Gasteiger partial charge in [0.2, 0.25) is 0 Å². The van der Waals surface area contributed by atoms with E-state index in [1.54, 1.807) is 6.07 Å². The van der Waals surface area contributed by atoms with Gasteiger partial charge in [-0.25, -0.2) is 0 Å². The van der Waals surface area contributed by atoms with Crippen LogP contribution in [0.15, 0.2) is 79.1 Å². The van der Waals surface area contributed by atoms with Gasteiger partial charge in [-0.05, 0) is 91.8 Å². The fourth-order valence-electron chi connectivity index (χ4n) is 4.34. The Kier molecular flexibility index (Phi) is 5.87. The molecule has 1 saturated heterocycles. The molecule has 0 bridgehead atoms. The first kappa shape index (κ1) is 22.0. The number of halogens is 2. The summed E-state index contributed by atoms with van der Waals surface area (Å²) in [5, 5.41) is 5.37. The first-order valence-electron chi connectivity index (χ1n) is 10.6. The van der Waals surface area contributed by atoms with Crippen molar-refractivity contribution in [2.45, 2.75) is 25.9 Å². The largest absolute Gasteiger partial charge is 0.351 e. The van der Waals surface area contributed by atoms with Crippen LogP contribution in [0.25, 0.3) is 5.69 Å². The monoisotopic (exact) mass is 492 g/mol. The molecular weight excluding hydrogens is 471 g/mol. The first-order chi connectivity index (χ1) is 15.9. The van der Waals surface area contributed by atoms with Gasteiger partial charge in [0.15, 0.2) is 5.11 Å². The smallest absolute Gasteiger partial charge is 0.174 e. The van der Waals surface area contributed by atoms with E-state index in [0.717, 1.165) is 22.8 Å². The number of rotatable bonds is 4. The van der Waals surface area contributed by atoms with E-state index < -0.39 is 0 Å². The molecule has 3 heterocycles. The Morgan fingerprint density at radius 1 is 0.939 bits per heavy atom. The van der Waals surface area contributed by atoms with E-state index in [0.29, 0.717) is 15.2 Å². The van der Waals surface area contributed by atoms with Crippen molar-refractivity contribution in [1.29, 1.82) is 0 Å². The molecule has 0 spiro atoms. The molecule has 2 aromatic heterocycles. The van der Waals surface area contributed by atoms with Gasteiger partial charge in [-0.15, -0.1) is 0 Å². The molecule has 1 fully saturated rings. The molecule has 2 aromatic carbocycles. The molecule has 0 saturated carbocycles. The summed E-state index contributed by atoms with van der Waals surface area (Å²) in [5.41, 5.74) is 6.32. The Hall–Kier alpha value is -2.86.